The third kappa shape index (κ3) is 2.94. The molecule has 0 radical (unpaired) electrons. The summed E-state index contributed by atoms with van der Waals surface area (Å²) in [6.07, 6.45) is 0. The van der Waals surface area contributed by atoms with Crippen molar-refractivity contribution in [3.63, 3.8) is 0 Å². The van der Waals surface area contributed by atoms with Crippen molar-refractivity contribution in [2.75, 3.05) is 0 Å². The molecule has 0 heterocycles. The molecule has 0 fully saturated rings. The van der Waals surface area contributed by atoms with E-state index in [0.717, 1.165) is 6.07 Å². The van der Waals surface area contributed by atoms with Gasteiger partial charge in [-0.15, -0.1) is 0 Å². The normalized spacial score (nSPS) is 10.3. The molecule has 2 aromatic rings. The molecule has 0 N–H and O–H groups in total. The summed E-state index contributed by atoms with van der Waals surface area (Å²) in [7, 11) is 0. The molecule has 0 saturated carbocycles. The van der Waals surface area contributed by atoms with Crippen LogP contribution in [0.15, 0.2) is 42.5 Å². The van der Waals surface area contributed by atoms with E-state index in [1.165, 1.54) is 18.2 Å². The molecule has 0 aromatic heterocycles. The van der Waals surface area contributed by atoms with E-state index in [-0.39, 0.29) is 18.2 Å². The minimum atomic E-state index is -0.561. The standard InChI is InChI=1S/C13H9ClF2O/c14-10-5-6-13(12(16)7-10)17-8-9-3-1-2-4-11(9)15/h1-7H,8H2. The molecule has 0 spiro atoms. The van der Waals surface area contributed by atoms with Gasteiger partial charge in [-0.2, -0.15) is 0 Å². The average molecular weight is 255 g/mol. The van der Waals surface area contributed by atoms with Crippen molar-refractivity contribution in [1.29, 1.82) is 0 Å². The summed E-state index contributed by atoms with van der Waals surface area (Å²) in [5, 5.41) is 0.292. The van der Waals surface area contributed by atoms with Gasteiger partial charge in [0.1, 0.15) is 12.4 Å². The third-order valence-electron chi connectivity index (χ3n) is 2.23. The number of halogens is 3. The summed E-state index contributed by atoms with van der Waals surface area (Å²) in [5.41, 5.74) is 0.377. The number of ether oxygens (including phenoxy) is 1. The molecule has 0 saturated heterocycles. The Morgan fingerprint density at radius 1 is 1.00 bits per heavy atom. The molecule has 17 heavy (non-hydrogen) atoms. The van der Waals surface area contributed by atoms with Crippen molar-refractivity contribution >= 4 is 11.6 Å². The lowest BCUT2D eigenvalue weighted by molar-refractivity contribution is 0.285. The molecular formula is C13H9ClF2O. The maximum absolute atomic E-state index is 13.4. The van der Waals surface area contributed by atoms with Gasteiger partial charge in [0.25, 0.3) is 0 Å². The highest BCUT2D eigenvalue weighted by Crippen LogP contribution is 2.22. The van der Waals surface area contributed by atoms with Crippen LogP contribution in [0.5, 0.6) is 5.75 Å². The third-order valence-corrected chi connectivity index (χ3v) is 2.47. The first-order valence-corrected chi connectivity index (χ1v) is 5.36. The Labute approximate surface area is 103 Å². The van der Waals surface area contributed by atoms with Crippen molar-refractivity contribution in [2.45, 2.75) is 6.61 Å². The predicted molar refractivity (Wildman–Crippen MR) is 62.1 cm³/mol. The second kappa shape index (κ2) is 5.15. The van der Waals surface area contributed by atoms with E-state index in [4.69, 9.17) is 16.3 Å². The van der Waals surface area contributed by atoms with Gasteiger partial charge in [-0.1, -0.05) is 29.8 Å². The lowest BCUT2D eigenvalue weighted by Gasteiger charge is -2.08. The monoisotopic (exact) mass is 254 g/mol. The first-order valence-electron chi connectivity index (χ1n) is 4.98. The maximum Gasteiger partial charge on any atom is 0.166 e. The van der Waals surface area contributed by atoms with Crippen molar-refractivity contribution < 1.29 is 13.5 Å². The van der Waals surface area contributed by atoms with Crippen molar-refractivity contribution in [1.82, 2.24) is 0 Å². The van der Waals surface area contributed by atoms with Crippen molar-refractivity contribution in [2.24, 2.45) is 0 Å². The molecule has 2 aromatic carbocycles. The van der Waals surface area contributed by atoms with Crippen LogP contribution in [0.3, 0.4) is 0 Å². The first kappa shape index (κ1) is 11.9. The zero-order valence-electron chi connectivity index (χ0n) is 8.79. The van der Waals surface area contributed by atoms with Crippen LogP contribution < -0.4 is 4.74 Å². The van der Waals surface area contributed by atoms with Gasteiger partial charge in [-0.3, -0.25) is 0 Å². The van der Waals surface area contributed by atoms with E-state index in [9.17, 15) is 8.78 Å². The Balaban J connectivity index is 2.10. The highest BCUT2D eigenvalue weighted by Gasteiger charge is 2.06. The summed E-state index contributed by atoms with van der Waals surface area (Å²) in [6.45, 7) is -0.0226. The highest BCUT2D eigenvalue weighted by atomic mass is 35.5. The Morgan fingerprint density at radius 2 is 1.76 bits per heavy atom. The van der Waals surface area contributed by atoms with Crippen LogP contribution in [0.4, 0.5) is 8.78 Å². The fourth-order valence-corrected chi connectivity index (χ4v) is 1.52. The smallest absolute Gasteiger partial charge is 0.166 e. The highest BCUT2D eigenvalue weighted by molar-refractivity contribution is 6.30. The van der Waals surface area contributed by atoms with Gasteiger partial charge in [0, 0.05) is 10.6 Å². The zero-order chi connectivity index (χ0) is 12.3. The Hall–Kier alpha value is -1.61. The van der Waals surface area contributed by atoms with Crippen molar-refractivity contribution in [3.8, 4) is 5.75 Å². The van der Waals surface area contributed by atoms with Gasteiger partial charge in [0.05, 0.1) is 0 Å². The molecule has 0 aliphatic carbocycles. The summed E-state index contributed by atoms with van der Waals surface area (Å²) in [5.74, 6) is -0.881. The number of hydrogen-bond donors (Lipinski definition) is 0. The summed E-state index contributed by atoms with van der Waals surface area (Å²) in [6, 6.07) is 10.3. The van der Waals surface area contributed by atoms with Crippen molar-refractivity contribution in [3.05, 3.63) is 64.7 Å². The SMILES string of the molecule is Fc1ccccc1COc1ccc(Cl)cc1F. The topological polar surface area (TPSA) is 9.23 Å². The van der Waals surface area contributed by atoms with E-state index >= 15 is 0 Å². The lowest BCUT2D eigenvalue weighted by atomic mass is 10.2. The van der Waals surface area contributed by atoms with Crippen LogP contribution in [0.2, 0.25) is 5.02 Å². The molecule has 0 aliphatic heterocycles. The average Bonchev–Trinajstić information content (AvgIpc) is 2.30. The fourth-order valence-electron chi connectivity index (χ4n) is 1.36. The Morgan fingerprint density at radius 3 is 2.47 bits per heavy atom. The van der Waals surface area contributed by atoms with E-state index in [1.54, 1.807) is 18.2 Å². The molecule has 88 valence electrons. The molecule has 2 rings (SSSR count). The Kier molecular flexibility index (Phi) is 3.59. The van der Waals surface area contributed by atoms with Crippen LogP contribution in [0, 0.1) is 11.6 Å². The minimum Gasteiger partial charge on any atom is -0.486 e. The predicted octanol–water partition coefficient (Wildman–Crippen LogP) is 4.20. The Bertz CT molecular complexity index is 529. The van der Waals surface area contributed by atoms with Gasteiger partial charge in [-0.25, -0.2) is 8.78 Å². The van der Waals surface area contributed by atoms with E-state index in [0.29, 0.717) is 10.6 Å². The summed E-state index contributed by atoms with van der Waals surface area (Å²) < 4.78 is 31.8. The first-order chi connectivity index (χ1) is 8.16. The molecular weight excluding hydrogens is 246 g/mol. The number of benzene rings is 2. The summed E-state index contributed by atoms with van der Waals surface area (Å²) in [4.78, 5) is 0. The van der Waals surface area contributed by atoms with Gasteiger partial charge in [-0.05, 0) is 24.3 Å². The van der Waals surface area contributed by atoms with Crippen LogP contribution in [0.1, 0.15) is 5.56 Å². The second-order valence-electron chi connectivity index (χ2n) is 3.45. The van der Waals surface area contributed by atoms with Crippen LogP contribution in [-0.4, -0.2) is 0 Å². The second-order valence-corrected chi connectivity index (χ2v) is 3.89. The summed E-state index contributed by atoms with van der Waals surface area (Å²) >= 11 is 5.60. The number of rotatable bonds is 3. The fraction of sp³-hybridized carbons (Fsp3) is 0.0769. The van der Waals surface area contributed by atoms with Gasteiger partial charge in [0.15, 0.2) is 11.6 Å². The molecule has 0 atom stereocenters. The molecule has 4 heteroatoms. The molecule has 0 unspecified atom stereocenters. The van der Waals surface area contributed by atoms with E-state index < -0.39 is 5.82 Å². The quantitative estimate of drug-likeness (QED) is 0.798. The maximum atomic E-state index is 13.4. The molecule has 0 amide bonds. The number of hydrogen-bond acceptors (Lipinski definition) is 1. The van der Waals surface area contributed by atoms with E-state index in [1.807, 2.05) is 0 Å². The minimum absolute atomic E-state index is 0.0226. The van der Waals surface area contributed by atoms with Gasteiger partial charge in [0.2, 0.25) is 0 Å². The lowest BCUT2D eigenvalue weighted by Crippen LogP contribution is -1.99. The van der Waals surface area contributed by atoms with E-state index in [2.05, 4.69) is 0 Å². The van der Waals surface area contributed by atoms with Crippen LogP contribution in [-0.2, 0) is 6.61 Å². The molecule has 0 aliphatic rings. The molecule has 1 nitrogen and oxygen atoms in total. The van der Waals surface area contributed by atoms with Crippen LogP contribution in [0.25, 0.3) is 0 Å². The largest absolute Gasteiger partial charge is 0.486 e. The van der Waals surface area contributed by atoms with Gasteiger partial charge >= 0.3 is 0 Å². The van der Waals surface area contributed by atoms with Gasteiger partial charge < -0.3 is 4.74 Å². The van der Waals surface area contributed by atoms with Crippen LogP contribution >= 0.6 is 11.6 Å². The zero-order valence-corrected chi connectivity index (χ0v) is 9.55. The molecule has 0 bridgehead atoms.